The van der Waals surface area contributed by atoms with Crippen LogP contribution < -0.4 is 21.1 Å². The molecule has 0 saturated heterocycles. The molecule has 4 aromatic rings. The predicted molar refractivity (Wildman–Crippen MR) is 144 cm³/mol. The molecule has 0 unspecified atom stereocenters. The number of hydrogen-bond donors (Lipinski definition) is 2. The van der Waals surface area contributed by atoms with E-state index in [1.807, 2.05) is 33.3 Å². The minimum atomic E-state index is 0.439. The van der Waals surface area contributed by atoms with Crippen molar-refractivity contribution in [3.05, 3.63) is 48.3 Å². The molecule has 2 aromatic carbocycles. The van der Waals surface area contributed by atoms with E-state index < -0.39 is 0 Å². The molecule has 0 spiro atoms. The number of benzene rings is 2. The summed E-state index contributed by atoms with van der Waals surface area (Å²) in [5, 5.41) is 1.21. The molecule has 8 nitrogen and oxygen atoms in total. The van der Waals surface area contributed by atoms with E-state index in [0.717, 1.165) is 49.4 Å². The first-order valence-corrected chi connectivity index (χ1v) is 12.0. The number of para-hydroxylation sites is 1. The monoisotopic (exact) mass is 471 g/mol. The Morgan fingerprint density at radius 2 is 1.91 bits per heavy atom. The lowest BCUT2D eigenvalue weighted by Crippen LogP contribution is -2.29. The van der Waals surface area contributed by atoms with Crippen molar-refractivity contribution >= 4 is 28.0 Å². The van der Waals surface area contributed by atoms with Gasteiger partial charge in [0.15, 0.2) is 5.82 Å². The van der Waals surface area contributed by atoms with E-state index in [0.29, 0.717) is 28.5 Å². The third kappa shape index (κ3) is 4.04. The summed E-state index contributed by atoms with van der Waals surface area (Å²) in [6.45, 7) is 2.70. The van der Waals surface area contributed by atoms with Crippen LogP contribution in [0.25, 0.3) is 33.5 Å². The Bertz CT molecular complexity index is 1390. The van der Waals surface area contributed by atoms with Gasteiger partial charge in [0.2, 0.25) is 0 Å². The molecule has 0 radical (unpaired) electrons. The Hall–Kier alpha value is -3.78. The molecule has 1 aliphatic heterocycles. The molecule has 1 aliphatic rings. The summed E-state index contributed by atoms with van der Waals surface area (Å²) < 4.78 is 7.96. The van der Waals surface area contributed by atoms with Crippen molar-refractivity contribution in [3.63, 3.8) is 0 Å². The van der Waals surface area contributed by atoms with Crippen LogP contribution >= 0.6 is 0 Å². The lowest BCUT2D eigenvalue weighted by Gasteiger charge is -2.25. The summed E-state index contributed by atoms with van der Waals surface area (Å²) in [7, 11) is 7.72. The molecule has 0 saturated carbocycles. The highest BCUT2D eigenvalue weighted by atomic mass is 16.5. The second-order valence-corrected chi connectivity index (χ2v) is 9.44. The third-order valence-electron chi connectivity index (χ3n) is 6.84. The van der Waals surface area contributed by atoms with Crippen molar-refractivity contribution in [1.29, 1.82) is 0 Å². The van der Waals surface area contributed by atoms with E-state index in [1.54, 1.807) is 13.3 Å². The van der Waals surface area contributed by atoms with Crippen LogP contribution in [0.2, 0.25) is 0 Å². The standard InChI is InChI=1S/C27H33N7O/c1-32(2)13-14-33(3)21-15-22(35-4)25(29)23(24(21)28)27-30-11-10-20(31-27)19-16-34-12-6-8-17-7-5-9-18(19)26(17)34/h5,7,9-11,15-16H,6,8,12-14,28-29H2,1-4H3. The van der Waals surface area contributed by atoms with E-state index in [-0.39, 0.29) is 0 Å². The fourth-order valence-corrected chi connectivity index (χ4v) is 4.96. The summed E-state index contributed by atoms with van der Waals surface area (Å²) in [4.78, 5) is 13.8. The molecule has 0 atom stereocenters. The fourth-order valence-electron chi connectivity index (χ4n) is 4.96. The first kappa shape index (κ1) is 23.0. The Balaban J connectivity index is 1.63. The number of nitrogens with two attached hydrogens (primary N) is 2. The molecule has 35 heavy (non-hydrogen) atoms. The molecule has 8 heteroatoms. The number of methoxy groups -OCH3 is 1. The number of nitrogens with zero attached hydrogens (tertiary/aromatic N) is 5. The van der Waals surface area contributed by atoms with Crippen molar-refractivity contribution in [3.8, 4) is 28.4 Å². The minimum Gasteiger partial charge on any atom is -0.494 e. The Kier molecular flexibility index (Phi) is 5.98. The Labute approximate surface area is 206 Å². The number of ether oxygens (including phenoxy) is 1. The van der Waals surface area contributed by atoms with Gasteiger partial charge in [-0.2, -0.15) is 0 Å². The smallest absolute Gasteiger partial charge is 0.164 e. The Morgan fingerprint density at radius 3 is 2.69 bits per heavy atom. The summed E-state index contributed by atoms with van der Waals surface area (Å²) in [6.07, 6.45) is 6.24. The van der Waals surface area contributed by atoms with Gasteiger partial charge in [-0.05, 0) is 38.6 Å². The van der Waals surface area contributed by atoms with Gasteiger partial charge in [-0.25, -0.2) is 9.97 Å². The topological polar surface area (TPSA) is 98.5 Å². The summed E-state index contributed by atoms with van der Waals surface area (Å²) in [6, 6.07) is 10.4. The highest BCUT2D eigenvalue weighted by Gasteiger charge is 2.22. The van der Waals surface area contributed by atoms with Crippen LogP contribution in [0.3, 0.4) is 0 Å². The van der Waals surface area contributed by atoms with Gasteiger partial charge >= 0.3 is 0 Å². The zero-order valence-corrected chi connectivity index (χ0v) is 20.9. The number of anilines is 3. The second kappa shape index (κ2) is 9.11. The van der Waals surface area contributed by atoms with Gasteiger partial charge in [0.25, 0.3) is 0 Å². The SMILES string of the molecule is COc1cc(N(C)CCN(C)C)c(N)c(-c2nccc(-c3cn4c5c(cccc35)CCC4)n2)c1N. The van der Waals surface area contributed by atoms with Gasteiger partial charge in [0.05, 0.1) is 40.9 Å². The van der Waals surface area contributed by atoms with E-state index in [1.165, 1.54) is 16.5 Å². The molecule has 0 fully saturated rings. The molecule has 5 rings (SSSR count). The molecular formula is C27H33N7O. The normalized spacial score (nSPS) is 12.9. The van der Waals surface area contributed by atoms with Crippen LogP contribution in [0.4, 0.5) is 17.1 Å². The molecule has 4 N–H and O–H groups in total. The molecule has 182 valence electrons. The lowest BCUT2D eigenvalue weighted by atomic mass is 10.0. The van der Waals surface area contributed by atoms with Gasteiger partial charge in [-0.15, -0.1) is 0 Å². The zero-order valence-electron chi connectivity index (χ0n) is 20.9. The maximum Gasteiger partial charge on any atom is 0.164 e. The highest BCUT2D eigenvalue weighted by molar-refractivity contribution is 5.98. The van der Waals surface area contributed by atoms with Gasteiger partial charge in [-0.3, -0.25) is 0 Å². The van der Waals surface area contributed by atoms with Crippen LogP contribution in [-0.4, -0.2) is 60.8 Å². The quantitative estimate of drug-likeness (QED) is 0.395. The number of hydrogen-bond acceptors (Lipinski definition) is 7. The van der Waals surface area contributed by atoms with Crippen LogP contribution in [0.1, 0.15) is 12.0 Å². The van der Waals surface area contributed by atoms with Crippen molar-refractivity contribution < 1.29 is 4.74 Å². The number of nitrogen functional groups attached to an aromatic ring is 2. The molecule has 0 bridgehead atoms. The van der Waals surface area contributed by atoms with E-state index in [4.69, 9.17) is 21.2 Å². The fraction of sp³-hybridized carbons (Fsp3) is 0.333. The van der Waals surface area contributed by atoms with E-state index in [2.05, 4.69) is 43.7 Å². The molecule has 0 amide bonds. The number of aromatic nitrogens is 3. The largest absolute Gasteiger partial charge is 0.494 e. The van der Waals surface area contributed by atoms with Crippen LogP contribution in [-0.2, 0) is 13.0 Å². The molecular weight excluding hydrogens is 438 g/mol. The van der Waals surface area contributed by atoms with E-state index >= 15 is 0 Å². The van der Waals surface area contributed by atoms with Gasteiger partial charge in [-0.1, -0.05) is 18.2 Å². The summed E-state index contributed by atoms with van der Waals surface area (Å²) in [5.41, 5.74) is 20.3. The van der Waals surface area contributed by atoms with Crippen molar-refractivity contribution in [1.82, 2.24) is 19.4 Å². The van der Waals surface area contributed by atoms with E-state index in [9.17, 15) is 0 Å². The summed E-state index contributed by atoms with van der Waals surface area (Å²) >= 11 is 0. The minimum absolute atomic E-state index is 0.439. The maximum absolute atomic E-state index is 6.71. The number of aryl methyl sites for hydroxylation is 2. The first-order valence-electron chi connectivity index (χ1n) is 12.0. The summed E-state index contributed by atoms with van der Waals surface area (Å²) in [5.74, 6) is 1.05. The van der Waals surface area contributed by atoms with Gasteiger partial charge in [0.1, 0.15) is 5.75 Å². The van der Waals surface area contributed by atoms with Crippen molar-refractivity contribution in [2.45, 2.75) is 19.4 Å². The van der Waals surface area contributed by atoms with Crippen LogP contribution in [0.5, 0.6) is 5.75 Å². The third-order valence-corrected chi connectivity index (χ3v) is 6.84. The molecule has 2 aromatic heterocycles. The molecule has 0 aliphatic carbocycles. The van der Waals surface area contributed by atoms with Gasteiger partial charge in [0, 0.05) is 56.1 Å². The van der Waals surface area contributed by atoms with Gasteiger partial charge < -0.3 is 30.6 Å². The first-order chi connectivity index (χ1) is 16.9. The van der Waals surface area contributed by atoms with Crippen molar-refractivity contribution in [2.24, 2.45) is 0 Å². The average Bonchev–Trinajstić information content (AvgIpc) is 3.24. The number of likely N-dealkylation sites (N-methyl/N-ethyl adjacent to an activating group) is 2. The van der Waals surface area contributed by atoms with Crippen molar-refractivity contribution in [2.75, 3.05) is 57.7 Å². The Morgan fingerprint density at radius 1 is 1.09 bits per heavy atom. The number of rotatable bonds is 7. The lowest BCUT2D eigenvalue weighted by molar-refractivity contribution is 0.414. The average molecular weight is 472 g/mol. The zero-order chi connectivity index (χ0) is 24.7. The van der Waals surface area contributed by atoms with Crippen LogP contribution in [0.15, 0.2) is 42.7 Å². The molecule has 3 heterocycles. The second-order valence-electron chi connectivity index (χ2n) is 9.44. The van der Waals surface area contributed by atoms with Crippen LogP contribution in [0, 0.1) is 0 Å². The maximum atomic E-state index is 6.71. The highest BCUT2D eigenvalue weighted by Crippen LogP contribution is 2.43. The predicted octanol–water partition coefficient (Wildman–Crippen LogP) is 3.88.